The Kier molecular flexibility index (Phi) is 4.17. The lowest BCUT2D eigenvalue weighted by Crippen LogP contribution is -2.06. The summed E-state index contributed by atoms with van der Waals surface area (Å²) in [6, 6.07) is 1.82. The van der Waals surface area contributed by atoms with E-state index in [1.807, 2.05) is 13.0 Å². The van der Waals surface area contributed by atoms with Gasteiger partial charge in [-0.15, -0.1) is 11.6 Å². The highest BCUT2D eigenvalue weighted by Gasteiger charge is 2.15. The van der Waals surface area contributed by atoms with Crippen molar-refractivity contribution in [1.29, 1.82) is 0 Å². The first kappa shape index (κ1) is 13.0. The second kappa shape index (κ2) is 5.46. The maximum atomic E-state index is 6.15. The van der Waals surface area contributed by atoms with E-state index in [4.69, 9.17) is 23.2 Å². The van der Waals surface area contributed by atoms with Crippen molar-refractivity contribution in [3.8, 4) is 0 Å². The molecule has 2 aromatic heterocycles. The van der Waals surface area contributed by atoms with Gasteiger partial charge < -0.3 is 4.57 Å². The molecule has 0 aliphatic carbocycles. The normalized spacial score (nSPS) is 13.2. The molecule has 0 N–H and O–H groups in total. The fourth-order valence-corrected chi connectivity index (χ4v) is 2.39. The fraction of sp³-hybridized carbons (Fsp3) is 0.455. The number of aromatic nitrogens is 3. The molecule has 17 heavy (non-hydrogen) atoms. The van der Waals surface area contributed by atoms with Crippen LogP contribution in [0.2, 0.25) is 5.02 Å². The number of halogens is 2. The van der Waals surface area contributed by atoms with Crippen LogP contribution in [0.3, 0.4) is 0 Å². The zero-order valence-electron chi connectivity index (χ0n) is 9.65. The van der Waals surface area contributed by atoms with Crippen LogP contribution in [0.25, 0.3) is 11.2 Å². The molecule has 2 rings (SSSR count). The molecule has 2 heterocycles. The Labute approximate surface area is 115 Å². The van der Waals surface area contributed by atoms with Crippen LogP contribution >= 0.6 is 35.0 Å². The number of alkyl halides is 1. The second-order valence-corrected chi connectivity index (χ2v) is 5.80. The Morgan fingerprint density at radius 2 is 2.29 bits per heavy atom. The van der Waals surface area contributed by atoms with E-state index in [0.717, 1.165) is 29.3 Å². The van der Waals surface area contributed by atoms with E-state index >= 15 is 0 Å². The molecule has 0 aromatic carbocycles. The Balaban J connectivity index is 2.54. The van der Waals surface area contributed by atoms with E-state index in [-0.39, 0.29) is 5.38 Å². The van der Waals surface area contributed by atoms with E-state index in [0.29, 0.717) is 5.02 Å². The van der Waals surface area contributed by atoms with Crippen LogP contribution in [0.1, 0.15) is 18.1 Å². The summed E-state index contributed by atoms with van der Waals surface area (Å²) < 4.78 is 2.07. The third kappa shape index (κ3) is 2.69. The van der Waals surface area contributed by atoms with Gasteiger partial charge in [0.2, 0.25) is 0 Å². The number of imidazole rings is 1. The number of hydrogen-bond acceptors (Lipinski definition) is 3. The molecule has 0 spiro atoms. The van der Waals surface area contributed by atoms with Crippen molar-refractivity contribution in [2.45, 2.75) is 18.8 Å². The van der Waals surface area contributed by atoms with Crippen LogP contribution in [0, 0.1) is 0 Å². The number of hydrogen-bond donors (Lipinski definition) is 0. The van der Waals surface area contributed by atoms with Crippen molar-refractivity contribution in [2.24, 2.45) is 0 Å². The predicted molar refractivity (Wildman–Crippen MR) is 75.2 cm³/mol. The molecule has 1 unspecified atom stereocenters. The monoisotopic (exact) mass is 289 g/mol. The lowest BCUT2D eigenvalue weighted by atomic mass is 10.4. The minimum absolute atomic E-state index is 0.134. The molecule has 0 amide bonds. The van der Waals surface area contributed by atoms with Gasteiger partial charge in [0.05, 0.1) is 10.4 Å². The standard InChI is InChI=1S/C11H13Cl2N3S/c1-7(12)10-15-9-5-8(13)6-14-11(9)16(10)3-4-17-2/h5-7H,3-4H2,1-2H3. The van der Waals surface area contributed by atoms with E-state index in [2.05, 4.69) is 20.8 Å². The van der Waals surface area contributed by atoms with E-state index < -0.39 is 0 Å². The molecule has 0 bridgehead atoms. The maximum absolute atomic E-state index is 6.15. The van der Waals surface area contributed by atoms with Crippen LogP contribution in [0.15, 0.2) is 12.3 Å². The minimum Gasteiger partial charge on any atom is -0.311 e. The highest BCUT2D eigenvalue weighted by atomic mass is 35.5. The van der Waals surface area contributed by atoms with Crippen molar-refractivity contribution in [2.75, 3.05) is 12.0 Å². The molecule has 92 valence electrons. The number of fused-ring (bicyclic) bond motifs is 1. The van der Waals surface area contributed by atoms with Crippen LogP contribution in [-0.2, 0) is 6.54 Å². The highest BCUT2D eigenvalue weighted by molar-refractivity contribution is 7.98. The zero-order chi connectivity index (χ0) is 12.4. The van der Waals surface area contributed by atoms with Gasteiger partial charge in [0.1, 0.15) is 11.3 Å². The SMILES string of the molecule is CSCCn1c(C(C)Cl)nc2cc(Cl)cnc21. The van der Waals surface area contributed by atoms with E-state index in [1.54, 1.807) is 18.0 Å². The largest absolute Gasteiger partial charge is 0.311 e. The van der Waals surface area contributed by atoms with Gasteiger partial charge in [-0.2, -0.15) is 11.8 Å². The summed E-state index contributed by atoms with van der Waals surface area (Å²) in [6.07, 6.45) is 3.72. The molecular formula is C11H13Cl2N3S. The van der Waals surface area contributed by atoms with Crippen molar-refractivity contribution in [1.82, 2.24) is 14.5 Å². The summed E-state index contributed by atoms with van der Waals surface area (Å²) in [7, 11) is 0. The molecule has 0 saturated heterocycles. The van der Waals surface area contributed by atoms with Crippen molar-refractivity contribution in [3.05, 3.63) is 23.1 Å². The van der Waals surface area contributed by atoms with Gasteiger partial charge in [-0.05, 0) is 19.2 Å². The maximum Gasteiger partial charge on any atom is 0.160 e. The molecule has 2 aromatic rings. The van der Waals surface area contributed by atoms with Gasteiger partial charge in [0.25, 0.3) is 0 Å². The van der Waals surface area contributed by atoms with E-state index in [1.165, 1.54) is 0 Å². The number of thioether (sulfide) groups is 1. The third-order valence-electron chi connectivity index (χ3n) is 2.46. The van der Waals surface area contributed by atoms with Gasteiger partial charge in [0, 0.05) is 18.5 Å². The molecule has 0 aliphatic rings. The quantitative estimate of drug-likeness (QED) is 0.803. The Hall–Kier alpha value is -0.450. The summed E-state index contributed by atoms with van der Waals surface area (Å²) in [5.41, 5.74) is 1.66. The van der Waals surface area contributed by atoms with Gasteiger partial charge in [0.15, 0.2) is 5.65 Å². The smallest absolute Gasteiger partial charge is 0.160 e. The number of pyridine rings is 1. The molecule has 0 saturated carbocycles. The third-order valence-corrected chi connectivity index (χ3v) is 3.45. The summed E-state index contributed by atoms with van der Waals surface area (Å²) in [5.74, 6) is 1.86. The molecule has 0 fully saturated rings. The van der Waals surface area contributed by atoms with Gasteiger partial charge in [-0.3, -0.25) is 0 Å². The van der Waals surface area contributed by atoms with Gasteiger partial charge in [-0.25, -0.2) is 9.97 Å². The van der Waals surface area contributed by atoms with Crippen molar-refractivity contribution >= 4 is 46.1 Å². The topological polar surface area (TPSA) is 30.7 Å². The first-order valence-electron chi connectivity index (χ1n) is 5.28. The molecule has 3 nitrogen and oxygen atoms in total. The average molecular weight is 290 g/mol. The molecular weight excluding hydrogens is 277 g/mol. The summed E-state index contributed by atoms with van der Waals surface area (Å²) in [6.45, 7) is 2.78. The van der Waals surface area contributed by atoms with Crippen LogP contribution in [0.4, 0.5) is 0 Å². The van der Waals surface area contributed by atoms with E-state index in [9.17, 15) is 0 Å². The van der Waals surface area contributed by atoms with Crippen LogP contribution < -0.4 is 0 Å². The van der Waals surface area contributed by atoms with Crippen LogP contribution in [-0.4, -0.2) is 26.5 Å². The number of aryl methyl sites for hydroxylation is 1. The fourth-order valence-electron chi connectivity index (χ4n) is 1.71. The second-order valence-electron chi connectivity index (χ2n) is 3.73. The zero-order valence-corrected chi connectivity index (χ0v) is 12.0. The summed E-state index contributed by atoms with van der Waals surface area (Å²) in [4.78, 5) is 8.84. The van der Waals surface area contributed by atoms with Gasteiger partial charge in [-0.1, -0.05) is 11.6 Å². The lowest BCUT2D eigenvalue weighted by molar-refractivity contribution is 0.717. The molecule has 6 heteroatoms. The first-order valence-corrected chi connectivity index (χ1v) is 7.49. The lowest BCUT2D eigenvalue weighted by Gasteiger charge is -2.08. The average Bonchev–Trinajstić information content (AvgIpc) is 2.64. The predicted octanol–water partition coefficient (Wildman–Crippen LogP) is 3.75. The first-order chi connectivity index (χ1) is 8.13. The summed E-state index contributed by atoms with van der Waals surface area (Å²) in [5, 5.41) is 0.464. The Morgan fingerprint density at radius 1 is 1.53 bits per heavy atom. The summed E-state index contributed by atoms with van der Waals surface area (Å²) >= 11 is 13.8. The van der Waals surface area contributed by atoms with Crippen LogP contribution in [0.5, 0.6) is 0 Å². The van der Waals surface area contributed by atoms with Crippen molar-refractivity contribution in [3.63, 3.8) is 0 Å². The Morgan fingerprint density at radius 3 is 2.94 bits per heavy atom. The molecule has 0 aliphatic heterocycles. The Bertz CT molecular complexity index is 525. The van der Waals surface area contributed by atoms with Crippen molar-refractivity contribution < 1.29 is 0 Å². The molecule has 0 radical (unpaired) electrons. The van der Waals surface area contributed by atoms with Gasteiger partial charge >= 0.3 is 0 Å². The number of nitrogens with zero attached hydrogens (tertiary/aromatic N) is 3. The highest BCUT2D eigenvalue weighted by Crippen LogP contribution is 2.25. The minimum atomic E-state index is -0.134. The number of rotatable bonds is 4. The molecule has 1 atom stereocenters.